The van der Waals surface area contributed by atoms with Crippen molar-refractivity contribution in [3.8, 4) is 0 Å². The fourth-order valence-corrected chi connectivity index (χ4v) is 1.06. The SMILES string of the molecule is CCC(N=[N+]=[N-])OCc1ccccc1. The van der Waals surface area contributed by atoms with Crippen LogP contribution in [0.4, 0.5) is 0 Å². The van der Waals surface area contributed by atoms with Crippen LogP contribution >= 0.6 is 0 Å². The molecule has 0 aliphatic rings. The molecule has 0 saturated carbocycles. The third-order valence-corrected chi connectivity index (χ3v) is 1.81. The van der Waals surface area contributed by atoms with Crippen LogP contribution in [0, 0.1) is 0 Å². The highest BCUT2D eigenvalue weighted by Gasteiger charge is 2.02. The molecule has 14 heavy (non-hydrogen) atoms. The number of nitrogens with zero attached hydrogens (tertiary/aromatic N) is 3. The van der Waals surface area contributed by atoms with Crippen molar-refractivity contribution in [2.24, 2.45) is 5.11 Å². The molecule has 0 fully saturated rings. The van der Waals surface area contributed by atoms with E-state index in [1.165, 1.54) is 0 Å². The van der Waals surface area contributed by atoms with Gasteiger partial charge < -0.3 is 4.74 Å². The molecule has 1 unspecified atom stereocenters. The zero-order valence-corrected chi connectivity index (χ0v) is 8.13. The Morgan fingerprint density at radius 2 is 2.14 bits per heavy atom. The van der Waals surface area contributed by atoms with E-state index in [0.29, 0.717) is 13.0 Å². The highest BCUT2D eigenvalue weighted by atomic mass is 16.5. The van der Waals surface area contributed by atoms with Gasteiger partial charge in [0.15, 0.2) is 0 Å². The average molecular weight is 191 g/mol. The summed E-state index contributed by atoms with van der Waals surface area (Å²) >= 11 is 0. The first-order valence-corrected chi connectivity index (χ1v) is 4.56. The van der Waals surface area contributed by atoms with E-state index in [0.717, 1.165) is 5.56 Å². The molecular formula is C10H13N3O. The molecule has 0 aliphatic heterocycles. The summed E-state index contributed by atoms with van der Waals surface area (Å²) in [7, 11) is 0. The number of rotatable bonds is 5. The van der Waals surface area contributed by atoms with Gasteiger partial charge in [-0.1, -0.05) is 42.4 Å². The second kappa shape index (κ2) is 6.02. The van der Waals surface area contributed by atoms with Gasteiger partial charge in [-0.15, -0.1) is 0 Å². The lowest BCUT2D eigenvalue weighted by atomic mass is 10.2. The van der Waals surface area contributed by atoms with Gasteiger partial charge in [-0.05, 0) is 17.5 Å². The van der Waals surface area contributed by atoms with E-state index < -0.39 is 0 Å². The van der Waals surface area contributed by atoms with Crippen LogP contribution in [0.15, 0.2) is 35.4 Å². The molecule has 0 bridgehead atoms. The fraction of sp³-hybridized carbons (Fsp3) is 0.400. The lowest BCUT2D eigenvalue weighted by Gasteiger charge is -2.09. The molecule has 0 amide bonds. The molecule has 4 heteroatoms. The molecule has 0 aliphatic carbocycles. The molecular weight excluding hydrogens is 178 g/mol. The maximum Gasteiger partial charge on any atom is 0.136 e. The lowest BCUT2D eigenvalue weighted by Crippen LogP contribution is -2.07. The van der Waals surface area contributed by atoms with Gasteiger partial charge in [0, 0.05) is 4.91 Å². The largest absolute Gasteiger partial charge is 0.368 e. The van der Waals surface area contributed by atoms with E-state index in [4.69, 9.17) is 10.3 Å². The monoisotopic (exact) mass is 191 g/mol. The number of hydrogen-bond donors (Lipinski definition) is 0. The van der Waals surface area contributed by atoms with E-state index in [9.17, 15) is 0 Å². The molecule has 1 aromatic carbocycles. The van der Waals surface area contributed by atoms with Crippen LogP contribution in [0.25, 0.3) is 10.4 Å². The summed E-state index contributed by atoms with van der Waals surface area (Å²) < 4.78 is 5.40. The third-order valence-electron chi connectivity index (χ3n) is 1.81. The number of ether oxygens (including phenoxy) is 1. The topological polar surface area (TPSA) is 58.0 Å². The van der Waals surface area contributed by atoms with Gasteiger partial charge in [-0.25, -0.2) is 0 Å². The fourth-order valence-electron chi connectivity index (χ4n) is 1.06. The van der Waals surface area contributed by atoms with Crippen LogP contribution in [-0.4, -0.2) is 6.23 Å². The Bertz CT molecular complexity index is 306. The summed E-state index contributed by atoms with van der Waals surface area (Å²) in [6.45, 7) is 2.41. The Morgan fingerprint density at radius 1 is 1.43 bits per heavy atom. The summed E-state index contributed by atoms with van der Waals surface area (Å²) in [4.78, 5) is 2.72. The van der Waals surface area contributed by atoms with Crippen LogP contribution in [0.5, 0.6) is 0 Å². The average Bonchev–Trinajstić information content (AvgIpc) is 2.25. The van der Waals surface area contributed by atoms with E-state index in [-0.39, 0.29) is 6.23 Å². The summed E-state index contributed by atoms with van der Waals surface area (Å²) in [5.74, 6) is 0. The van der Waals surface area contributed by atoms with E-state index in [1.54, 1.807) is 0 Å². The Labute approximate surface area is 83.1 Å². The smallest absolute Gasteiger partial charge is 0.136 e. The summed E-state index contributed by atoms with van der Waals surface area (Å²) in [6.07, 6.45) is 0.330. The van der Waals surface area contributed by atoms with Crippen molar-refractivity contribution in [1.82, 2.24) is 0 Å². The Hall–Kier alpha value is -1.51. The summed E-state index contributed by atoms with van der Waals surface area (Å²) in [5.41, 5.74) is 9.33. The molecule has 74 valence electrons. The first kappa shape index (κ1) is 10.6. The van der Waals surface area contributed by atoms with Crippen molar-refractivity contribution in [3.63, 3.8) is 0 Å². The standard InChI is InChI=1S/C10H13N3O/c1-2-10(12-13-11)14-8-9-6-4-3-5-7-9/h3-7,10H,2,8H2,1H3. The van der Waals surface area contributed by atoms with Crippen LogP contribution < -0.4 is 0 Å². The number of benzene rings is 1. The minimum Gasteiger partial charge on any atom is -0.368 e. The van der Waals surface area contributed by atoms with Crippen LogP contribution in [0.3, 0.4) is 0 Å². The molecule has 0 N–H and O–H groups in total. The van der Waals surface area contributed by atoms with Crippen molar-refractivity contribution < 1.29 is 4.74 Å². The first-order chi connectivity index (χ1) is 6.86. The maximum absolute atomic E-state index is 8.24. The Kier molecular flexibility index (Phi) is 4.55. The molecule has 4 nitrogen and oxygen atoms in total. The number of hydrogen-bond acceptors (Lipinski definition) is 2. The quantitative estimate of drug-likeness (QED) is 0.400. The molecule has 1 aromatic rings. The lowest BCUT2D eigenvalue weighted by molar-refractivity contribution is 0.0429. The van der Waals surface area contributed by atoms with Crippen LogP contribution in [0.2, 0.25) is 0 Å². The van der Waals surface area contributed by atoms with Crippen molar-refractivity contribution in [2.75, 3.05) is 0 Å². The predicted octanol–water partition coefficient (Wildman–Crippen LogP) is 3.25. The maximum atomic E-state index is 8.24. The predicted molar refractivity (Wildman–Crippen MR) is 54.5 cm³/mol. The summed E-state index contributed by atoms with van der Waals surface area (Å²) in [5, 5.41) is 3.52. The zero-order valence-electron chi connectivity index (χ0n) is 8.13. The molecule has 0 saturated heterocycles. The third kappa shape index (κ3) is 3.47. The summed E-state index contributed by atoms with van der Waals surface area (Å²) in [6, 6.07) is 9.81. The van der Waals surface area contributed by atoms with Gasteiger partial charge >= 0.3 is 0 Å². The Morgan fingerprint density at radius 3 is 2.71 bits per heavy atom. The molecule has 1 rings (SSSR count). The van der Waals surface area contributed by atoms with Gasteiger partial charge in [-0.2, -0.15) is 0 Å². The van der Waals surface area contributed by atoms with Gasteiger partial charge in [-0.3, -0.25) is 0 Å². The first-order valence-electron chi connectivity index (χ1n) is 4.56. The van der Waals surface area contributed by atoms with E-state index >= 15 is 0 Å². The second-order valence-electron chi connectivity index (χ2n) is 2.86. The second-order valence-corrected chi connectivity index (χ2v) is 2.86. The highest BCUT2D eigenvalue weighted by Crippen LogP contribution is 2.06. The van der Waals surface area contributed by atoms with Crippen molar-refractivity contribution in [3.05, 3.63) is 46.3 Å². The molecule has 0 radical (unpaired) electrons. The van der Waals surface area contributed by atoms with Crippen LogP contribution in [0.1, 0.15) is 18.9 Å². The van der Waals surface area contributed by atoms with Gasteiger partial charge in [0.25, 0.3) is 0 Å². The van der Waals surface area contributed by atoms with Gasteiger partial charge in [0.2, 0.25) is 0 Å². The van der Waals surface area contributed by atoms with Crippen molar-refractivity contribution in [1.29, 1.82) is 0 Å². The zero-order chi connectivity index (χ0) is 10.2. The van der Waals surface area contributed by atoms with Crippen molar-refractivity contribution in [2.45, 2.75) is 26.2 Å². The number of azide groups is 1. The van der Waals surface area contributed by atoms with Crippen LogP contribution in [-0.2, 0) is 11.3 Å². The van der Waals surface area contributed by atoms with Gasteiger partial charge in [0.1, 0.15) is 6.23 Å². The van der Waals surface area contributed by atoms with Gasteiger partial charge in [0.05, 0.1) is 6.61 Å². The molecule has 1 atom stereocenters. The normalized spacial score (nSPS) is 11.8. The molecule has 0 heterocycles. The minimum absolute atomic E-state index is 0.361. The van der Waals surface area contributed by atoms with E-state index in [2.05, 4.69) is 10.0 Å². The molecule has 0 aromatic heterocycles. The Balaban J connectivity index is 2.43. The molecule has 0 spiro atoms. The van der Waals surface area contributed by atoms with Crippen molar-refractivity contribution >= 4 is 0 Å². The van der Waals surface area contributed by atoms with E-state index in [1.807, 2.05) is 37.3 Å². The highest BCUT2D eigenvalue weighted by molar-refractivity contribution is 5.13. The minimum atomic E-state index is -0.361.